The number of benzene rings is 10. The quantitative estimate of drug-likeness (QED) is 0.00854. The molecule has 0 saturated carbocycles. The number of carbonyl (C=O) groups excluding carboxylic acids is 12. The second-order valence-electron chi connectivity index (χ2n) is 26.8. The van der Waals surface area contributed by atoms with Crippen LogP contribution in [0.4, 0.5) is 0 Å². The van der Waals surface area contributed by atoms with Crippen LogP contribution in [-0.4, -0.2) is 150 Å². The fourth-order valence-electron chi connectivity index (χ4n) is 12.1. The molecule has 0 aliphatic rings. The summed E-state index contributed by atoms with van der Waals surface area (Å²) in [6, 6.07) is 48.7. The molecule has 0 atom stereocenters. The van der Waals surface area contributed by atoms with Crippen LogP contribution in [0.1, 0.15) is 95.5 Å². The third kappa shape index (κ3) is 27.3. The van der Waals surface area contributed by atoms with Crippen molar-refractivity contribution in [3.05, 3.63) is 361 Å². The second-order valence-corrected chi connectivity index (χ2v) is 26.8. The highest BCUT2D eigenvalue weighted by molar-refractivity contribution is 6.33. The Morgan fingerprint density at radius 3 is 0.437 bits per heavy atom. The molecular weight excluding hydrogens is 1610 g/mol. The summed E-state index contributed by atoms with van der Waals surface area (Å²) in [7, 11) is 0. The molecule has 0 amide bonds. The number of esters is 6. The van der Waals surface area contributed by atoms with Gasteiger partial charge in [0, 0.05) is 69.8 Å². The number of hydrogen-bond acceptors (Lipinski definition) is 24. The summed E-state index contributed by atoms with van der Waals surface area (Å²) in [5.41, 5.74) is 2.27. The maximum Gasteiger partial charge on any atom is 0.330 e. The lowest BCUT2D eigenvalue weighted by Crippen LogP contribution is -2.10. The molecule has 0 N–H and O–H groups in total. The SMILES string of the molecule is C=CC(=O)OCCOc1ccc(C=CC(=O)c2cc3c4cc(C(=O)C=Cc5ccc(OCCOC(=O)C=C)cc5)c(C(=O)C=Cc5ccc(OCCOC(=O)C=C)cc5)cc4c4cc(C(=O)C=Cc5ccc(OCCOC(=O)C=C)cc5)c(C(=O)C=Cc5ccc(OCCOC(=O)C=C)cc5)cc4c3cc2C(=O)C=Cc2ccc(OCCOC(=O)C=C)cc2)cc1. The largest absolute Gasteiger partial charge is 0.490 e. The van der Waals surface area contributed by atoms with E-state index in [0.717, 1.165) is 36.5 Å². The fraction of sp³-hybridized carbons (Fsp3) is 0.118. The summed E-state index contributed by atoms with van der Waals surface area (Å²) in [5.74, 6) is -5.31. The van der Waals surface area contributed by atoms with Crippen molar-refractivity contribution in [1.29, 1.82) is 0 Å². The summed E-state index contributed by atoms with van der Waals surface area (Å²) in [5, 5.41) is 1.38. The summed E-state index contributed by atoms with van der Waals surface area (Å²) in [6.07, 6.45) is 23.0. The van der Waals surface area contributed by atoms with Crippen molar-refractivity contribution >= 4 is 139 Å². The molecular formula is C102H84O24. The maximum atomic E-state index is 15.5. The monoisotopic (exact) mass is 1690 g/mol. The predicted octanol–water partition coefficient (Wildman–Crippen LogP) is 17.2. The number of carbonyl (C=O) groups is 12. The van der Waals surface area contributed by atoms with E-state index >= 15 is 28.8 Å². The minimum atomic E-state index is -0.681. The summed E-state index contributed by atoms with van der Waals surface area (Å²) in [4.78, 5) is 163. The van der Waals surface area contributed by atoms with Crippen LogP contribution >= 0.6 is 0 Å². The molecule has 10 aromatic carbocycles. The van der Waals surface area contributed by atoms with E-state index in [-0.39, 0.29) is 145 Å². The molecule has 24 heteroatoms. The highest BCUT2D eigenvalue weighted by Crippen LogP contribution is 2.41. The third-order valence-corrected chi connectivity index (χ3v) is 18.4. The van der Waals surface area contributed by atoms with Gasteiger partial charge in [-0.05, 0) is 211 Å². The number of fused-ring (bicyclic) bond motifs is 6. The van der Waals surface area contributed by atoms with Gasteiger partial charge in [0.1, 0.15) is 114 Å². The lowest BCUT2D eigenvalue weighted by atomic mass is 9.84. The third-order valence-electron chi connectivity index (χ3n) is 18.4. The first-order valence-corrected chi connectivity index (χ1v) is 39.2. The lowest BCUT2D eigenvalue weighted by Gasteiger charge is -2.18. The maximum absolute atomic E-state index is 15.5. The van der Waals surface area contributed by atoms with Gasteiger partial charge in [0.05, 0.1) is 0 Å². The van der Waals surface area contributed by atoms with E-state index in [1.54, 1.807) is 146 Å². The zero-order valence-corrected chi connectivity index (χ0v) is 68.2. The van der Waals surface area contributed by atoms with Crippen molar-refractivity contribution in [2.45, 2.75) is 0 Å². The van der Waals surface area contributed by atoms with Crippen molar-refractivity contribution < 1.29 is 114 Å². The van der Waals surface area contributed by atoms with E-state index in [4.69, 9.17) is 56.8 Å². The zero-order valence-electron chi connectivity index (χ0n) is 68.2. The topological polar surface area (TPSA) is 316 Å². The summed E-state index contributed by atoms with van der Waals surface area (Å²) < 4.78 is 64.9. The van der Waals surface area contributed by atoms with Gasteiger partial charge in [0.2, 0.25) is 0 Å². The minimum Gasteiger partial charge on any atom is -0.490 e. The molecule has 0 aliphatic heterocycles. The van der Waals surface area contributed by atoms with Gasteiger partial charge in [-0.1, -0.05) is 149 Å². The Balaban J connectivity index is 1.19. The first-order valence-electron chi connectivity index (χ1n) is 39.2. The Bertz CT molecular complexity index is 5020. The van der Waals surface area contributed by atoms with Crippen molar-refractivity contribution in [3.63, 3.8) is 0 Å². The van der Waals surface area contributed by atoms with Crippen LogP contribution in [0, 0.1) is 0 Å². The van der Waals surface area contributed by atoms with Crippen molar-refractivity contribution in [3.8, 4) is 34.5 Å². The van der Waals surface area contributed by atoms with E-state index in [1.807, 2.05) is 0 Å². The summed E-state index contributed by atoms with van der Waals surface area (Å²) in [6.45, 7) is 20.2. The van der Waals surface area contributed by atoms with Crippen LogP contribution in [0.15, 0.2) is 294 Å². The van der Waals surface area contributed by atoms with Crippen LogP contribution in [0.5, 0.6) is 34.5 Å². The molecule has 10 aromatic rings. The van der Waals surface area contributed by atoms with Crippen LogP contribution in [0.25, 0.3) is 68.8 Å². The average Bonchev–Trinajstić information content (AvgIpc) is 0.716. The second kappa shape index (κ2) is 46.9. The van der Waals surface area contributed by atoms with Crippen molar-refractivity contribution in [2.24, 2.45) is 0 Å². The van der Waals surface area contributed by atoms with Crippen LogP contribution in [-0.2, 0) is 57.2 Å². The van der Waals surface area contributed by atoms with E-state index < -0.39 is 70.5 Å². The molecule has 0 heterocycles. The molecule has 0 spiro atoms. The van der Waals surface area contributed by atoms with Crippen molar-refractivity contribution in [2.75, 3.05) is 79.3 Å². The number of hydrogen-bond donors (Lipinski definition) is 0. The van der Waals surface area contributed by atoms with Gasteiger partial charge in [-0.2, -0.15) is 0 Å². The molecule has 24 nitrogen and oxygen atoms in total. The molecule has 126 heavy (non-hydrogen) atoms. The van der Waals surface area contributed by atoms with Gasteiger partial charge >= 0.3 is 35.8 Å². The minimum absolute atomic E-state index is 0.0229. The van der Waals surface area contributed by atoms with Gasteiger partial charge in [0.25, 0.3) is 0 Å². The van der Waals surface area contributed by atoms with E-state index in [0.29, 0.717) is 67.9 Å². The Morgan fingerprint density at radius 1 is 0.190 bits per heavy atom. The first kappa shape index (κ1) is 91.8. The first-order chi connectivity index (χ1) is 61.1. The van der Waals surface area contributed by atoms with E-state index in [2.05, 4.69) is 39.5 Å². The van der Waals surface area contributed by atoms with Crippen LogP contribution in [0.3, 0.4) is 0 Å². The van der Waals surface area contributed by atoms with E-state index in [9.17, 15) is 28.8 Å². The van der Waals surface area contributed by atoms with E-state index in [1.165, 1.54) is 109 Å². The molecule has 0 saturated heterocycles. The average molecular weight is 1690 g/mol. The van der Waals surface area contributed by atoms with Gasteiger partial charge in [-0.15, -0.1) is 0 Å². The molecule has 0 radical (unpaired) electrons. The number of ketones is 6. The van der Waals surface area contributed by atoms with Gasteiger partial charge in [-0.25, -0.2) is 28.8 Å². The van der Waals surface area contributed by atoms with Crippen LogP contribution < -0.4 is 28.4 Å². The standard InChI is InChI=1S/C102H84O24/c1-7-97(109)121-55-49-115-73-31-13-67(14-32-73)25-43-91(103)85-61-79-80(62-86(85)92(104)44-26-68-15-33-74(34-16-68)116-50-56-122-98(110)8-2)82-64-88(94(106)46-28-70-19-37-76(38-20-70)118-52-58-124-100(112)10-4)90(96(108)48-30-72-23-41-78(42-24-72)120-54-60-126-102(114)12-6)66-84(82)83-65-89(95(107)47-29-71-21-39-77(40-22-71)119-53-59-125-101(113)11-5)87(63-81(79)83)93(105)45-27-69-17-35-75(36-18-69)117-51-57-123-99(111)9-3/h7-48,61-66H,1-6,49-60H2. The zero-order chi connectivity index (χ0) is 89.7. The smallest absolute Gasteiger partial charge is 0.330 e. The Kier molecular flexibility index (Phi) is 34.2. The normalized spacial score (nSPS) is 11.1. The lowest BCUT2D eigenvalue weighted by molar-refractivity contribution is -0.139. The number of ether oxygens (including phenoxy) is 12. The van der Waals surface area contributed by atoms with Crippen LogP contribution in [0.2, 0.25) is 0 Å². The molecule has 0 fully saturated rings. The number of rotatable bonds is 48. The fourth-order valence-corrected chi connectivity index (χ4v) is 12.1. The molecule has 0 aliphatic carbocycles. The molecule has 636 valence electrons. The van der Waals surface area contributed by atoms with Gasteiger partial charge in [0.15, 0.2) is 34.7 Å². The Morgan fingerprint density at radius 2 is 0.317 bits per heavy atom. The number of allylic oxidation sites excluding steroid dienone is 6. The van der Waals surface area contributed by atoms with Gasteiger partial charge in [-0.3, -0.25) is 28.8 Å². The highest BCUT2D eigenvalue weighted by atomic mass is 16.6. The Labute approximate surface area is 724 Å². The molecule has 0 bridgehead atoms. The predicted molar refractivity (Wildman–Crippen MR) is 478 cm³/mol. The Hall–Kier alpha value is -16.5. The van der Waals surface area contributed by atoms with Crippen molar-refractivity contribution in [1.82, 2.24) is 0 Å². The molecule has 0 aromatic heterocycles. The molecule has 10 rings (SSSR count). The van der Waals surface area contributed by atoms with Gasteiger partial charge < -0.3 is 56.8 Å². The highest BCUT2D eigenvalue weighted by Gasteiger charge is 2.26. The summed E-state index contributed by atoms with van der Waals surface area (Å²) >= 11 is 0. The molecule has 0 unspecified atom stereocenters.